The van der Waals surface area contributed by atoms with E-state index in [0.29, 0.717) is 70.6 Å². The number of carbonyl (C=O) groups is 2. The topological polar surface area (TPSA) is 148 Å². The summed E-state index contributed by atoms with van der Waals surface area (Å²) in [6.45, 7) is 8.35. The van der Waals surface area contributed by atoms with Crippen LogP contribution >= 0.6 is 31.9 Å². The number of benzene rings is 3. The van der Waals surface area contributed by atoms with Crippen molar-refractivity contribution in [1.29, 1.82) is 0 Å². The zero-order chi connectivity index (χ0) is 39.4. The molecule has 7 rings (SSSR count). The van der Waals surface area contributed by atoms with Crippen molar-refractivity contribution in [1.82, 2.24) is 0 Å². The monoisotopic (exact) mass is 896 g/mol. The van der Waals surface area contributed by atoms with E-state index in [9.17, 15) is 9.59 Å². The van der Waals surface area contributed by atoms with E-state index in [4.69, 9.17) is 48.1 Å². The highest BCUT2D eigenvalue weighted by atomic mass is 79.9. The summed E-state index contributed by atoms with van der Waals surface area (Å²) in [4.78, 5) is 20.6. The zero-order valence-corrected chi connectivity index (χ0v) is 34.3. The van der Waals surface area contributed by atoms with Crippen molar-refractivity contribution in [2.75, 3.05) is 91.2 Å². The van der Waals surface area contributed by atoms with Gasteiger partial charge in [-0.2, -0.15) is 0 Å². The molecule has 4 heterocycles. The molecule has 2 N–H and O–H groups in total. The lowest BCUT2D eigenvalue weighted by atomic mass is 10.1. The number of carbonyl (C=O) groups excluding carboxylic acids is 2. The first-order valence-electron chi connectivity index (χ1n) is 18.3. The number of halogens is 2. The zero-order valence-electron chi connectivity index (χ0n) is 31.1. The third-order valence-corrected chi connectivity index (χ3v) is 9.42. The summed E-state index contributed by atoms with van der Waals surface area (Å²) in [5.41, 5.74) is 4.76. The van der Waals surface area contributed by atoms with Crippen molar-refractivity contribution >= 4 is 44.4 Å². The number of aldehydes is 2. The van der Waals surface area contributed by atoms with Crippen LogP contribution in [0, 0.1) is 0 Å². The minimum Gasteiger partial charge on any atom is -0.394 e. The Kier molecular flexibility index (Phi) is 25.4. The molecule has 4 aliphatic heterocycles. The Morgan fingerprint density at radius 1 is 0.509 bits per heavy atom. The molecule has 4 unspecified atom stereocenters. The Labute approximate surface area is 340 Å². The van der Waals surface area contributed by atoms with Crippen molar-refractivity contribution in [3.8, 4) is 0 Å². The van der Waals surface area contributed by atoms with Gasteiger partial charge in [0.1, 0.15) is 18.7 Å². The second-order valence-electron chi connectivity index (χ2n) is 12.5. The second-order valence-corrected chi connectivity index (χ2v) is 14.1. The molecule has 3 aromatic rings. The second kappa shape index (κ2) is 29.8. The molecule has 55 heavy (non-hydrogen) atoms. The molecule has 0 saturated carbocycles. The highest BCUT2D eigenvalue weighted by Crippen LogP contribution is 2.13. The van der Waals surface area contributed by atoms with Crippen molar-refractivity contribution in [3.05, 3.63) is 105 Å². The van der Waals surface area contributed by atoms with Crippen molar-refractivity contribution in [2.24, 2.45) is 0 Å². The fourth-order valence-corrected chi connectivity index (χ4v) is 5.79. The number of hydrogen-bond donors (Lipinski definition) is 2. The minimum absolute atomic E-state index is 0.0694. The molecule has 304 valence electrons. The summed E-state index contributed by atoms with van der Waals surface area (Å²) < 4.78 is 43.2. The molecule has 0 aliphatic carbocycles. The molecule has 3 aromatic carbocycles. The summed E-state index contributed by atoms with van der Waals surface area (Å²) in [5.74, 6) is 0. The fourth-order valence-electron chi connectivity index (χ4n) is 5.16. The molecular weight excluding hydrogens is 844 g/mol. The molecule has 0 radical (unpaired) electrons. The van der Waals surface area contributed by atoms with Crippen LogP contribution < -0.4 is 0 Å². The van der Waals surface area contributed by atoms with Crippen LogP contribution in [0.4, 0.5) is 0 Å². The Morgan fingerprint density at radius 2 is 0.873 bits per heavy atom. The van der Waals surface area contributed by atoms with E-state index >= 15 is 0 Å². The van der Waals surface area contributed by atoms with Crippen molar-refractivity contribution in [3.63, 3.8) is 0 Å². The maximum Gasteiger partial charge on any atom is 0.150 e. The average molecular weight is 899 g/mol. The van der Waals surface area contributed by atoms with E-state index in [0.717, 1.165) is 60.6 Å². The van der Waals surface area contributed by atoms with Crippen LogP contribution in [0.1, 0.15) is 37.4 Å². The Morgan fingerprint density at radius 3 is 1.18 bits per heavy atom. The molecule has 4 fully saturated rings. The SMILES string of the molecule is BrCC1COCCO1.O=Cc1ccc(Br)cc1.O=Cc1ccc(CC2COCCO2)cc1.OCC1COCCO1.OCc1ccc(CC2COCCO2)cc1. The Bertz CT molecular complexity index is 1370. The Balaban J connectivity index is 0.000000190. The lowest BCUT2D eigenvalue weighted by molar-refractivity contribution is -0.105. The third kappa shape index (κ3) is 21.1. The lowest BCUT2D eigenvalue weighted by Gasteiger charge is -2.22. The van der Waals surface area contributed by atoms with Gasteiger partial charge in [-0.05, 0) is 28.8 Å². The van der Waals surface area contributed by atoms with Crippen LogP contribution in [-0.4, -0.2) is 138 Å². The predicted molar refractivity (Wildman–Crippen MR) is 214 cm³/mol. The number of ether oxygens (including phenoxy) is 8. The standard InChI is InChI=1S/C12H16O3.C12H14O3.C7H5BrO.C5H9BrO2.C5H10O3/c2*13-8-11-3-1-10(2-4-11)7-12-9-14-5-6-15-12;8-7-3-1-6(5-9)2-4-7;2*6-3-5-4-7-1-2-8-5/h1-4,12-13H,5-9H2;1-4,8,12H,5-7,9H2;1-5H;5H,1-4H2;5-6H,1-4H2. The molecule has 12 nitrogen and oxygen atoms in total. The molecule has 0 bridgehead atoms. The van der Waals surface area contributed by atoms with Gasteiger partial charge in [0, 0.05) is 33.8 Å². The van der Waals surface area contributed by atoms with Gasteiger partial charge in [-0.25, -0.2) is 0 Å². The Hall–Kier alpha value is -2.44. The third-order valence-electron chi connectivity index (χ3n) is 8.17. The van der Waals surface area contributed by atoms with Crippen LogP contribution in [0.3, 0.4) is 0 Å². The van der Waals surface area contributed by atoms with E-state index in [-0.39, 0.29) is 37.6 Å². The molecule has 0 spiro atoms. The molecule has 4 atom stereocenters. The van der Waals surface area contributed by atoms with Gasteiger partial charge < -0.3 is 48.1 Å². The number of rotatable bonds is 9. The predicted octanol–water partition coefficient (Wildman–Crippen LogP) is 5.05. The molecule has 4 aliphatic rings. The van der Waals surface area contributed by atoms with Crippen LogP contribution in [0.25, 0.3) is 0 Å². The van der Waals surface area contributed by atoms with Gasteiger partial charge in [-0.1, -0.05) is 92.5 Å². The van der Waals surface area contributed by atoms with Crippen LogP contribution in [-0.2, 0) is 57.3 Å². The lowest BCUT2D eigenvalue weighted by Crippen LogP contribution is -2.31. The van der Waals surface area contributed by atoms with E-state index in [1.807, 2.05) is 60.7 Å². The van der Waals surface area contributed by atoms with E-state index < -0.39 is 0 Å². The number of alkyl halides is 1. The van der Waals surface area contributed by atoms with E-state index in [1.54, 1.807) is 12.1 Å². The van der Waals surface area contributed by atoms with Gasteiger partial charge in [-0.15, -0.1) is 0 Å². The summed E-state index contributed by atoms with van der Waals surface area (Å²) in [7, 11) is 0. The summed E-state index contributed by atoms with van der Waals surface area (Å²) in [5, 5.41) is 18.3. The van der Waals surface area contributed by atoms with Crippen LogP contribution in [0.2, 0.25) is 0 Å². The number of hydrogen-bond acceptors (Lipinski definition) is 12. The first-order chi connectivity index (χ1) is 27.0. The number of aliphatic hydroxyl groups is 2. The smallest absolute Gasteiger partial charge is 0.150 e. The maximum absolute atomic E-state index is 10.5. The van der Waals surface area contributed by atoms with Gasteiger partial charge in [0.25, 0.3) is 0 Å². The van der Waals surface area contributed by atoms with Crippen molar-refractivity contribution in [2.45, 2.75) is 43.9 Å². The first kappa shape index (κ1) is 46.9. The molecular formula is C41H54Br2O12. The number of aliphatic hydroxyl groups excluding tert-OH is 2. The molecule has 14 heteroatoms. The van der Waals surface area contributed by atoms with Gasteiger partial charge in [0.05, 0.1) is 111 Å². The largest absolute Gasteiger partial charge is 0.394 e. The fraction of sp³-hybridized carbons (Fsp3) is 0.512. The van der Waals surface area contributed by atoms with Gasteiger partial charge in [0.15, 0.2) is 0 Å². The first-order valence-corrected chi connectivity index (χ1v) is 20.2. The van der Waals surface area contributed by atoms with Crippen molar-refractivity contribution < 1.29 is 57.7 Å². The van der Waals surface area contributed by atoms with E-state index in [2.05, 4.69) is 31.9 Å². The van der Waals surface area contributed by atoms with Gasteiger partial charge in [-0.3, -0.25) is 9.59 Å². The van der Waals surface area contributed by atoms with Gasteiger partial charge >= 0.3 is 0 Å². The van der Waals surface area contributed by atoms with Crippen LogP contribution in [0.15, 0.2) is 77.3 Å². The average Bonchev–Trinajstić information content (AvgIpc) is 3.27. The normalized spacial score (nSPS) is 22.0. The molecule has 4 saturated heterocycles. The highest BCUT2D eigenvalue weighted by molar-refractivity contribution is 9.10. The van der Waals surface area contributed by atoms with Gasteiger partial charge in [0.2, 0.25) is 0 Å². The summed E-state index contributed by atoms with van der Waals surface area (Å²) in [6.07, 6.45) is 3.94. The summed E-state index contributed by atoms with van der Waals surface area (Å²) in [6, 6.07) is 22.7. The molecule has 0 amide bonds. The maximum atomic E-state index is 10.5. The quantitative estimate of drug-likeness (QED) is 0.219. The highest BCUT2D eigenvalue weighted by Gasteiger charge is 2.16. The molecule has 0 aromatic heterocycles. The van der Waals surface area contributed by atoms with E-state index in [1.165, 1.54) is 11.1 Å². The summed E-state index contributed by atoms with van der Waals surface area (Å²) >= 11 is 6.56. The minimum atomic E-state index is -0.0799. The van der Waals surface area contributed by atoms with Crippen LogP contribution in [0.5, 0.6) is 0 Å².